The highest BCUT2D eigenvalue weighted by Crippen LogP contribution is 2.41. The largest absolute Gasteiger partial charge is 0.493 e. The minimum Gasteiger partial charge on any atom is -0.493 e. The van der Waals surface area contributed by atoms with Crippen LogP contribution in [0.5, 0.6) is 23.0 Å². The Kier molecular flexibility index (Phi) is 12.0. The number of ether oxygens (including phenoxy) is 4. The summed E-state index contributed by atoms with van der Waals surface area (Å²) in [6.45, 7) is 12.7. The van der Waals surface area contributed by atoms with E-state index in [1.165, 1.54) is 0 Å². The van der Waals surface area contributed by atoms with Crippen LogP contribution in [-0.4, -0.2) is 32.2 Å². The van der Waals surface area contributed by atoms with E-state index in [-0.39, 0.29) is 5.78 Å². The average Bonchev–Trinajstić information content (AvgIpc) is 3.13. The molecular formula is C46H52O5. The molecule has 0 unspecified atom stereocenters. The molecule has 1 aliphatic carbocycles. The van der Waals surface area contributed by atoms with Crippen molar-refractivity contribution in [2.45, 2.75) is 86.0 Å². The summed E-state index contributed by atoms with van der Waals surface area (Å²) in [5, 5.41) is 2.12. The van der Waals surface area contributed by atoms with Crippen LogP contribution in [0.4, 0.5) is 0 Å². The number of carbonyl (C=O) groups is 1. The number of fused-ring (bicyclic) bond motifs is 10. The zero-order valence-electron chi connectivity index (χ0n) is 31.0. The lowest BCUT2D eigenvalue weighted by Crippen LogP contribution is -2.10. The summed E-state index contributed by atoms with van der Waals surface area (Å²) >= 11 is 0. The lowest BCUT2D eigenvalue weighted by atomic mass is 9.88. The Labute approximate surface area is 303 Å². The number of carbonyl (C=O) groups excluding carboxylic acids is 1. The highest BCUT2D eigenvalue weighted by Gasteiger charge is 2.23. The van der Waals surface area contributed by atoms with Crippen LogP contribution in [-0.2, 0) is 25.7 Å². The van der Waals surface area contributed by atoms with E-state index in [2.05, 4.69) is 94.4 Å². The third-order valence-corrected chi connectivity index (χ3v) is 9.53. The summed E-state index contributed by atoms with van der Waals surface area (Å²) < 4.78 is 26.6. The first-order valence-corrected chi connectivity index (χ1v) is 18.9. The van der Waals surface area contributed by atoms with Crippen LogP contribution >= 0.6 is 0 Å². The highest BCUT2D eigenvalue weighted by atomic mass is 16.5. The number of hydrogen-bond acceptors (Lipinski definition) is 5. The van der Waals surface area contributed by atoms with Crippen LogP contribution in [0.25, 0.3) is 10.8 Å². The lowest BCUT2D eigenvalue weighted by molar-refractivity contribution is 0.101. The summed E-state index contributed by atoms with van der Waals surface area (Å²) in [7, 11) is 0. The van der Waals surface area contributed by atoms with Crippen LogP contribution in [0.3, 0.4) is 0 Å². The molecule has 0 N–H and O–H groups in total. The number of Topliss-reactive ketones (excluding diaryl/α,β-unsaturated/α-hetero) is 1. The molecule has 0 saturated heterocycles. The van der Waals surface area contributed by atoms with Crippen LogP contribution in [0, 0.1) is 0 Å². The van der Waals surface area contributed by atoms with Crippen LogP contribution in [0.15, 0.2) is 78.9 Å². The van der Waals surface area contributed by atoms with Crippen LogP contribution in [0.2, 0.25) is 0 Å². The van der Waals surface area contributed by atoms with E-state index in [1.807, 2.05) is 12.1 Å². The molecule has 0 fully saturated rings. The summed E-state index contributed by atoms with van der Waals surface area (Å²) in [5.74, 6) is 3.78. The maximum absolute atomic E-state index is 12.6. The summed E-state index contributed by atoms with van der Waals surface area (Å²) in [6.07, 6.45) is 6.24. The van der Waals surface area contributed by atoms with Crippen molar-refractivity contribution < 1.29 is 23.7 Å². The number of para-hydroxylation sites is 3. The van der Waals surface area contributed by atoms with Crippen molar-refractivity contribution in [3.63, 3.8) is 0 Å². The molecular weight excluding hydrogens is 633 g/mol. The van der Waals surface area contributed by atoms with Crippen molar-refractivity contribution in [3.8, 4) is 23.0 Å². The van der Waals surface area contributed by atoms with Gasteiger partial charge < -0.3 is 18.9 Å². The molecule has 5 aromatic rings. The van der Waals surface area contributed by atoms with Gasteiger partial charge in [0.05, 0.1) is 26.4 Å². The van der Waals surface area contributed by atoms with Crippen molar-refractivity contribution in [3.05, 3.63) is 129 Å². The van der Waals surface area contributed by atoms with E-state index in [0.717, 1.165) is 104 Å². The second-order valence-electron chi connectivity index (χ2n) is 13.7. The number of rotatable bonds is 13. The SMILES string of the molecule is CCCOc1c2cccc1Cc1cccc(c1OCCC)Cc1c(OCCC)c(cc3cc(C(C)=O)ccc13)Cc1cccc(c1OCCC)C2. The highest BCUT2D eigenvalue weighted by molar-refractivity contribution is 6.00. The third-order valence-electron chi connectivity index (χ3n) is 9.53. The molecule has 0 heterocycles. The fourth-order valence-corrected chi connectivity index (χ4v) is 7.16. The molecule has 0 radical (unpaired) electrons. The van der Waals surface area contributed by atoms with E-state index >= 15 is 0 Å². The van der Waals surface area contributed by atoms with E-state index in [0.29, 0.717) is 57.7 Å². The quantitative estimate of drug-likeness (QED) is 0.113. The summed E-state index contributed by atoms with van der Waals surface area (Å²) in [5.41, 5.74) is 9.69. The maximum Gasteiger partial charge on any atom is 0.159 e. The van der Waals surface area contributed by atoms with Gasteiger partial charge >= 0.3 is 0 Å². The zero-order chi connectivity index (χ0) is 35.7. The zero-order valence-corrected chi connectivity index (χ0v) is 31.0. The first-order valence-electron chi connectivity index (χ1n) is 18.9. The minimum absolute atomic E-state index is 0.0529. The normalized spacial score (nSPS) is 12.4. The summed E-state index contributed by atoms with van der Waals surface area (Å²) in [4.78, 5) is 12.6. The first kappa shape index (κ1) is 36.0. The van der Waals surface area contributed by atoms with Crippen LogP contribution < -0.4 is 18.9 Å². The van der Waals surface area contributed by atoms with E-state index in [4.69, 9.17) is 18.9 Å². The smallest absolute Gasteiger partial charge is 0.159 e. The predicted molar refractivity (Wildman–Crippen MR) is 208 cm³/mol. The Morgan fingerprint density at radius 1 is 0.490 bits per heavy atom. The van der Waals surface area contributed by atoms with Gasteiger partial charge in [-0.2, -0.15) is 0 Å². The fraction of sp³-hybridized carbons (Fsp3) is 0.370. The molecule has 5 heteroatoms. The van der Waals surface area contributed by atoms with Crippen molar-refractivity contribution in [2.24, 2.45) is 0 Å². The summed E-state index contributed by atoms with van der Waals surface area (Å²) in [6, 6.07) is 27.9. The van der Waals surface area contributed by atoms with Gasteiger partial charge in [0.2, 0.25) is 0 Å². The van der Waals surface area contributed by atoms with Crippen molar-refractivity contribution >= 4 is 16.6 Å². The molecule has 266 valence electrons. The van der Waals surface area contributed by atoms with Crippen LogP contribution in [0.1, 0.15) is 115 Å². The van der Waals surface area contributed by atoms with Gasteiger partial charge in [-0.1, -0.05) is 94.4 Å². The molecule has 0 saturated carbocycles. The standard InChI is InChI=1S/C46H52O5/c1-6-21-48-43-33-13-10-14-34(43)27-36-16-12-18-38(45(36)50-23-8-3)30-42-41-20-19-32(31(5)47)25-39(41)29-40(46(42)51-24-9-4)28-37-17-11-15-35(26-33)44(37)49-22-7-2/h10-20,25,29H,6-9,21-24,26-28,30H2,1-5H3. The Hall–Kier alpha value is -4.77. The lowest BCUT2D eigenvalue weighted by Gasteiger charge is -2.23. The van der Waals surface area contributed by atoms with Gasteiger partial charge in [-0.25, -0.2) is 0 Å². The molecule has 6 rings (SSSR count). The Balaban J connectivity index is 1.67. The molecule has 0 aliphatic heterocycles. The third kappa shape index (κ3) is 8.09. The monoisotopic (exact) mass is 684 g/mol. The van der Waals surface area contributed by atoms with E-state index in [9.17, 15) is 4.79 Å². The Bertz CT molecular complexity index is 1990. The molecule has 1 aliphatic rings. The molecule has 51 heavy (non-hydrogen) atoms. The predicted octanol–water partition coefficient (Wildman–Crippen LogP) is 10.9. The topological polar surface area (TPSA) is 54.0 Å². The Morgan fingerprint density at radius 2 is 0.882 bits per heavy atom. The molecule has 5 nitrogen and oxygen atoms in total. The fourth-order valence-electron chi connectivity index (χ4n) is 7.16. The van der Waals surface area contributed by atoms with E-state index < -0.39 is 0 Å². The second-order valence-corrected chi connectivity index (χ2v) is 13.7. The molecule has 5 aromatic carbocycles. The van der Waals surface area contributed by atoms with Crippen molar-refractivity contribution in [1.82, 2.24) is 0 Å². The molecule has 0 atom stereocenters. The Morgan fingerprint density at radius 3 is 1.29 bits per heavy atom. The van der Waals surface area contributed by atoms with E-state index in [1.54, 1.807) is 6.92 Å². The average molecular weight is 685 g/mol. The number of benzene rings is 5. The molecule has 0 amide bonds. The van der Waals surface area contributed by atoms with Crippen molar-refractivity contribution in [2.75, 3.05) is 26.4 Å². The molecule has 8 bridgehead atoms. The van der Waals surface area contributed by atoms with Gasteiger partial charge in [-0.15, -0.1) is 0 Å². The van der Waals surface area contributed by atoms with Gasteiger partial charge in [0.25, 0.3) is 0 Å². The van der Waals surface area contributed by atoms with Gasteiger partial charge in [0, 0.05) is 36.8 Å². The maximum atomic E-state index is 12.6. The minimum atomic E-state index is 0.0529. The first-order chi connectivity index (χ1) is 24.9. The van der Waals surface area contributed by atoms with Gasteiger partial charge in [-0.05, 0) is 94.5 Å². The van der Waals surface area contributed by atoms with Gasteiger partial charge in [0.15, 0.2) is 5.78 Å². The van der Waals surface area contributed by atoms with Gasteiger partial charge in [0.1, 0.15) is 23.0 Å². The number of hydrogen-bond donors (Lipinski definition) is 0. The van der Waals surface area contributed by atoms with Crippen molar-refractivity contribution in [1.29, 1.82) is 0 Å². The second kappa shape index (κ2) is 17.0. The molecule has 0 aromatic heterocycles. The van der Waals surface area contributed by atoms with Gasteiger partial charge in [-0.3, -0.25) is 4.79 Å². The molecule has 0 spiro atoms. The number of ketones is 1.